The number of hydrogen-bond acceptors (Lipinski definition) is 6. The minimum Gasteiger partial charge on any atom is -0.346 e. The number of carbonyl (C=O) groups is 1. The number of aromatic nitrogens is 6. The number of anilines is 1. The molecule has 1 saturated heterocycles. The van der Waals surface area contributed by atoms with Gasteiger partial charge < -0.3 is 15.2 Å². The molecule has 1 aliphatic heterocycles. The van der Waals surface area contributed by atoms with Crippen molar-refractivity contribution in [2.75, 3.05) is 25.5 Å². The summed E-state index contributed by atoms with van der Waals surface area (Å²) in [6.45, 7) is 2.08. The van der Waals surface area contributed by atoms with Crippen molar-refractivity contribution in [3.05, 3.63) is 67.0 Å². The van der Waals surface area contributed by atoms with Gasteiger partial charge in [-0.15, -0.1) is 0 Å². The second kappa shape index (κ2) is 8.35. The van der Waals surface area contributed by atoms with Crippen LogP contribution in [0.1, 0.15) is 29.2 Å². The summed E-state index contributed by atoms with van der Waals surface area (Å²) < 4.78 is 1.92. The summed E-state index contributed by atoms with van der Waals surface area (Å²) in [6, 6.07) is 8.23. The molecule has 2 N–H and O–H groups in total. The molecule has 6 heterocycles. The van der Waals surface area contributed by atoms with Gasteiger partial charge >= 0.3 is 0 Å². The Balaban J connectivity index is 1.22. The Kier molecular flexibility index (Phi) is 5.03. The first-order valence-electron chi connectivity index (χ1n) is 11.4. The van der Waals surface area contributed by atoms with Crippen LogP contribution in [0.4, 0.5) is 5.82 Å². The van der Waals surface area contributed by atoms with Gasteiger partial charge in [0, 0.05) is 47.3 Å². The van der Waals surface area contributed by atoms with Gasteiger partial charge in [-0.2, -0.15) is 5.10 Å². The summed E-state index contributed by atoms with van der Waals surface area (Å²) in [6.07, 6.45) is 12.7. The second-order valence-electron chi connectivity index (χ2n) is 8.82. The van der Waals surface area contributed by atoms with Gasteiger partial charge in [0.15, 0.2) is 0 Å². The predicted octanol–water partition coefficient (Wildman–Crippen LogP) is 3.89. The van der Waals surface area contributed by atoms with Crippen molar-refractivity contribution >= 4 is 33.5 Å². The molecule has 9 nitrogen and oxygen atoms in total. The Morgan fingerprint density at radius 1 is 1.00 bits per heavy atom. The van der Waals surface area contributed by atoms with Gasteiger partial charge in [-0.3, -0.25) is 14.5 Å². The standard InChI is InChI=1S/C25H24N8O/c1-32-6-3-21(4-7-32)33-15-20(14-30-33)25(34)31-23-10-17-9-22(27-12-19(17)13-28-23)18-8-16-2-5-26-24(16)29-11-18/h2,5,8-15,21H,3-4,6-7H2,1H3,(H,26,29)(H,28,31,34). The van der Waals surface area contributed by atoms with E-state index in [9.17, 15) is 4.79 Å². The Morgan fingerprint density at radius 3 is 2.74 bits per heavy atom. The Bertz CT molecular complexity index is 1500. The number of piperidine rings is 1. The van der Waals surface area contributed by atoms with Gasteiger partial charge in [-0.05, 0) is 62.6 Å². The Morgan fingerprint density at radius 2 is 1.85 bits per heavy atom. The number of pyridine rings is 3. The van der Waals surface area contributed by atoms with E-state index in [1.54, 1.807) is 24.8 Å². The highest BCUT2D eigenvalue weighted by Crippen LogP contribution is 2.25. The highest BCUT2D eigenvalue weighted by atomic mass is 16.1. The Labute approximate surface area is 195 Å². The molecule has 0 saturated carbocycles. The van der Waals surface area contributed by atoms with Crippen molar-refractivity contribution in [3.8, 4) is 11.3 Å². The molecule has 0 bridgehead atoms. The fraction of sp³-hybridized carbons (Fsp3) is 0.240. The van der Waals surface area contributed by atoms with E-state index in [0.29, 0.717) is 17.4 Å². The highest BCUT2D eigenvalue weighted by molar-refractivity contribution is 6.04. The van der Waals surface area contributed by atoms with Crippen LogP contribution in [0.2, 0.25) is 0 Å². The summed E-state index contributed by atoms with van der Waals surface area (Å²) in [5.74, 6) is 0.267. The molecule has 0 aromatic carbocycles. The number of hydrogen-bond donors (Lipinski definition) is 2. The van der Waals surface area contributed by atoms with Crippen LogP contribution in [0.3, 0.4) is 0 Å². The monoisotopic (exact) mass is 452 g/mol. The normalized spacial score (nSPS) is 15.2. The number of H-pyrrole nitrogens is 1. The first-order valence-corrected chi connectivity index (χ1v) is 11.4. The molecule has 0 radical (unpaired) electrons. The Hall–Kier alpha value is -4.11. The van der Waals surface area contributed by atoms with Crippen molar-refractivity contribution in [1.29, 1.82) is 0 Å². The largest absolute Gasteiger partial charge is 0.346 e. The summed E-state index contributed by atoms with van der Waals surface area (Å²) >= 11 is 0. The topological polar surface area (TPSA) is 105 Å². The fourth-order valence-corrected chi connectivity index (χ4v) is 4.45. The average molecular weight is 453 g/mol. The molecule has 1 amide bonds. The third-order valence-electron chi connectivity index (χ3n) is 6.47. The van der Waals surface area contributed by atoms with E-state index in [0.717, 1.165) is 59.0 Å². The van der Waals surface area contributed by atoms with Crippen molar-refractivity contribution in [2.24, 2.45) is 0 Å². The van der Waals surface area contributed by atoms with Gasteiger partial charge in [-0.25, -0.2) is 9.97 Å². The average Bonchev–Trinajstić information content (AvgIpc) is 3.54. The maximum absolute atomic E-state index is 12.8. The summed E-state index contributed by atoms with van der Waals surface area (Å²) in [7, 11) is 2.13. The molecule has 6 rings (SSSR count). The summed E-state index contributed by atoms with van der Waals surface area (Å²) in [4.78, 5) is 31.7. The molecule has 5 aromatic rings. The lowest BCUT2D eigenvalue weighted by atomic mass is 10.1. The predicted molar refractivity (Wildman–Crippen MR) is 131 cm³/mol. The number of fused-ring (bicyclic) bond motifs is 2. The van der Waals surface area contributed by atoms with Crippen molar-refractivity contribution in [1.82, 2.24) is 34.6 Å². The van der Waals surface area contributed by atoms with Crippen LogP contribution >= 0.6 is 0 Å². The molecule has 0 atom stereocenters. The van der Waals surface area contributed by atoms with Crippen molar-refractivity contribution in [2.45, 2.75) is 18.9 Å². The van der Waals surface area contributed by atoms with E-state index >= 15 is 0 Å². The molecule has 34 heavy (non-hydrogen) atoms. The smallest absolute Gasteiger partial charge is 0.260 e. The maximum Gasteiger partial charge on any atom is 0.260 e. The van der Waals surface area contributed by atoms with Crippen LogP contribution in [0.25, 0.3) is 33.1 Å². The fourth-order valence-electron chi connectivity index (χ4n) is 4.45. The van der Waals surface area contributed by atoms with Crippen molar-refractivity contribution in [3.63, 3.8) is 0 Å². The quantitative estimate of drug-likeness (QED) is 0.429. The number of rotatable bonds is 4. The van der Waals surface area contributed by atoms with Crippen LogP contribution in [-0.4, -0.2) is 60.7 Å². The van der Waals surface area contributed by atoms with E-state index < -0.39 is 0 Å². The van der Waals surface area contributed by atoms with Gasteiger partial charge in [0.1, 0.15) is 11.5 Å². The summed E-state index contributed by atoms with van der Waals surface area (Å²) in [5, 5.41) is 10.2. The number of likely N-dealkylation sites (tertiary alicyclic amines) is 1. The van der Waals surface area contributed by atoms with E-state index in [4.69, 9.17) is 0 Å². The van der Waals surface area contributed by atoms with Gasteiger partial charge in [0.05, 0.1) is 23.5 Å². The minimum absolute atomic E-state index is 0.220. The van der Waals surface area contributed by atoms with E-state index in [2.05, 4.69) is 48.4 Å². The molecule has 1 aliphatic rings. The zero-order valence-corrected chi connectivity index (χ0v) is 18.8. The van der Waals surface area contributed by atoms with Crippen molar-refractivity contribution < 1.29 is 4.79 Å². The number of nitrogens with one attached hydrogen (secondary N) is 2. The van der Waals surface area contributed by atoms with Gasteiger partial charge in [0.2, 0.25) is 0 Å². The first kappa shape index (κ1) is 20.5. The molecule has 5 aromatic heterocycles. The van der Waals surface area contributed by atoms with Crippen LogP contribution < -0.4 is 5.32 Å². The minimum atomic E-state index is -0.220. The molecular weight excluding hydrogens is 428 g/mol. The summed E-state index contributed by atoms with van der Waals surface area (Å²) in [5.41, 5.74) is 3.11. The third kappa shape index (κ3) is 3.90. The number of amides is 1. The molecule has 1 fully saturated rings. The maximum atomic E-state index is 12.8. The zero-order chi connectivity index (χ0) is 23.1. The number of nitrogens with zero attached hydrogens (tertiary/aromatic N) is 6. The molecule has 170 valence electrons. The molecule has 0 aliphatic carbocycles. The zero-order valence-electron chi connectivity index (χ0n) is 18.8. The van der Waals surface area contributed by atoms with Gasteiger partial charge in [-0.1, -0.05) is 0 Å². The van der Waals surface area contributed by atoms with E-state index in [-0.39, 0.29) is 5.91 Å². The first-order chi connectivity index (χ1) is 16.6. The van der Waals surface area contributed by atoms with Crippen LogP contribution in [0, 0.1) is 0 Å². The lowest BCUT2D eigenvalue weighted by Gasteiger charge is -2.28. The van der Waals surface area contributed by atoms with Gasteiger partial charge in [0.25, 0.3) is 5.91 Å². The second-order valence-corrected chi connectivity index (χ2v) is 8.82. The molecule has 0 unspecified atom stereocenters. The lowest BCUT2D eigenvalue weighted by molar-refractivity contribution is 0.102. The lowest BCUT2D eigenvalue weighted by Crippen LogP contribution is -2.31. The van der Waals surface area contributed by atoms with E-state index in [1.165, 1.54) is 0 Å². The number of carbonyl (C=O) groups excluding carboxylic acids is 1. The van der Waals surface area contributed by atoms with Crippen LogP contribution in [0.5, 0.6) is 0 Å². The highest BCUT2D eigenvalue weighted by Gasteiger charge is 2.20. The number of aromatic amines is 1. The van der Waals surface area contributed by atoms with E-state index in [1.807, 2.05) is 35.3 Å². The molecular formula is C25H24N8O. The SMILES string of the molecule is CN1CCC(n2cc(C(=O)Nc3cc4cc(-c5cnc6[nH]ccc6c5)ncc4cn3)cn2)CC1. The molecule has 0 spiro atoms. The van der Waals surface area contributed by atoms with Crippen LogP contribution in [-0.2, 0) is 0 Å². The third-order valence-corrected chi connectivity index (χ3v) is 6.47. The van der Waals surface area contributed by atoms with Crippen LogP contribution in [0.15, 0.2) is 61.4 Å². The molecule has 9 heteroatoms.